The number of amides is 1. The third-order valence-electron chi connectivity index (χ3n) is 3.59. The van der Waals surface area contributed by atoms with Crippen LogP contribution in [0, 0.1) is 0 Å². The largest absolute Gasteiger partial charge is 0.301 e. The topological polar surface area (TPSA) is 79.4 Å². The number of carbonyl (C=O) groups is 1. The summed E-state index contributed by atoms with van der Waals surface area (Å²) in [7, 11) is -3.73. The highest BCUT2D eigenvalue weighted by atomic mass is 35.5. The number of aromatic nitrogens is 1. The lowest BCUT2D eigenvalue weighted by atomic mass is 10.2. The Morgan fingerprint density at radius 1 is 1.35 bits per heavy atom. The predicted octanol–water partition coefficient (Wildman–Crippen LogP) is 2.59. The molecule has 0 saturated carbocycles. The first kappa shape index (κ1) is 16.4. The molecule has 1 aromatic heterocycles. The summed E-state index contributed by atoms with van der Waals surface area (Å²) in [5.74, 6) is -0.352. The van der Waals surface area contributed by atoms with Crippen molar-refractivity contribution in [3.63, 3.8) is 0 Å². The first-order valence-corrected chi connectivity index (χ1v) is 9.66. The summed E-state index contributed by atoms with van der Waals surface area (Å²) < 4.78 is 26.8. The van der Waals surface area contributed by atoms with Gasteiger partial charge in [-0.15, -0.1) is 11.3 Å². The minimum absolute atomic E-state index is 0.135. The molecule has 1 aliphatic heterocycles. The molecule has 1 aliphatic rings. The van der Waals surface area contributed by atoms with Crippen LogP contribution in [0.15, 0.2) is 40.7 Å². The van der Waals surface area contributed by atoms with Gasteiger partial charge in [0, 0.05) is 23.1 Å². The average molecular weight is 372 g/mol. The van der Waals surface area contributed by atoms with Crippen molar-refractivity contribution in [2.75, 3.05) is 11.9 Å². The minimum Gasteiger partial charge on any atom is -0.301 e. The maximum atomic E-state index is 12.8. The zero-order valence-electron chi connectivity index (χ0n) is 12.0. The molecule has 1 N–H and O–H groups in total. The third-order valence-corrected chi connectivity index (χ3v) is 6.45. The Kier molecular flexibility index (Phi) is 4.67. The highest BCUT2D eigenvalue weighted by Crippen LogP contribution is 2.27. The Labute approximate surface area is 143 Å². The van der Waals surface area contributed by atoms with Crippen LogP contribution in [0.25, 0.3) is 0 Å². The van der Waals surface area contributed by atoms with E-state index in [1.165, 1.54) is 39.9 Å². The highest BCUT2D eigenvalue weighted by molar-refractivity contribution is 7.89. The van der Waals surface area contributed by atoms with Gasteiger partial charge in [-0.3, -0.25) is 4.79 Å². The summed E-state index contributed by atoms with van der Waals surface area (Å²) in [5.41, 5.74) is 0. The molecule has 1 aromatic carbocycles. The summed E-state index contributed by atoms with van der Waals surface area (Å²) in [6.07, 6.45) is 2.71. The van der Waals surface area contributed by atoms with E-state index < -0.39 is 16.1 Å². The van der Waals surface area contributed by atoms with Crippen LogP contribution in [0.4, 0.5) is 5.13 Å². The van der Waals surface area contributed by atoms with E-state index in [1.54, 1.807) is 11.6 Å². The number of carbonyl (C=O) groups excluding carboxylic acids is 1. The second kappa shape index (κ2) is 6.56. The molecule has 122 valence electrons. The van der Waals surface area contributed by atoms with Crippen molar-refractivity contribution >= 4 is 44.0 Å². The number of benzene rings is 1. The fourth-order valence-corrected chi connectivity index (χ4v) is 4.82. The summed E-state index contributed by atoms with van der Waals surface area (Å²) in [6.45, 7) is 0.320. The Morgan fingerprint density at radius 2 is 2.09 bits per heavy atom. The lowest BCUT2D eigenvalue weighted by Crippen LogP contribution is -2.43. The Bertz CT molecular complexity index is 791. The monoisotopic (exact) mass is 371 g/mol. The maximum Gasteiger partial charge on any atom is 0.244 e. The fraction of sp³-hybridized carbons (Fsp3) is 0.286. The van der Waals surface area contributed by atoms with E-state index in [4.69, 9.17) is 11.6 Å². The molecule has 3 rings (SSSR count). The number of hydrogen-bond acceptors (Lipinski definition) is 5. The quantitative estimate of drug-likeness (QED) is 0.895. The molecule has 0 aliphatic carbocycles. The Morgan fingerprint density at radius 3 is 2.74 bits per heavy atom. The van der Waals surface area contributed by atoms with E-state index in [0.29, 0.717) is 29.5 Å². The van der Waals surface area contributed by atoms with Gasteiger partial charge in [0.1, 0.15) is 6.04 Å². The van der Waals surface area contributed by atoms with Gasteiger partial charge in [0.25, 0.3) is 0 Å². The molecule has 2 aromatic rings. The van der Waals surface area contributed by atoms with Crippen LogP contribution in [0.3, 0.4) is 0 Å². The number of sulfonamides is 1. The molecule has 2 heterocycles. The molecule has 1 amide bonds. The molecule has 0 unspecified atom stereocenters. The predicted molar refractivity (Wildman–Crippen MR) is 89.1 cm³/mol. The van der Waals surface area contributed by atoms with Crippen molar-refractivity contribution in [3.05, 3.63) is 40.9 Å². The first-order valence-electron chi connectivity index (χ1n) is 6.96. The van der Waals surface area contributed by atoms with E-state index >= 15 is 0 Å². The van der Waals surface area contributed by atoms with Gasteiger partial charge in [0.15, 0.2) is 5.13 Å². The van der Waals surface area contributed by atoms with E-state index in [9.17, 15) is 13.2 Å². The van der Waals surface area contributed by atoms with Crippen molar-refractivity contribution in [1.29, 1.82) is 0 Å². The molecular formula is C14H14ClN3O3S2. The second-order valence-corrected chi connectivity index (χ2v) is 8.28. The standard InChI is InChI=1S/C14H14ClN3O3S2/c15-10-3-5-11(6-4-10)23(20,21)18-8-1-2-12(18)13(19)17-14-16-7-9-22-14/h3-7,9,12H,1-2,8H2,(H,16,17,19)/t12-/m1/s1. The number of hydrogen-bond donors (Lipinski definition) is 1. The van der Waals surface area contributed by atoms with E-state index in [1.807, 2.05) is 0 Å². The summed E-state index contributed by atoms with van der Waals surface area (Å²) in [5, 5.41) is 5.34. The summed E-state index contributed by atoms with van der Waals surface area (Å²) in [4.78, 5) is 16.5. The van der Waals surface area contributed by atoms with Gasteiger partial charge in [-0.2, -0.15) is 4.31 Å². The maximum absolute atomic E-state index is 12.8. The average Bonchev–Trinajstić information content (AvgIpc) is 3.19. The third kappa shape index (κ3) is 3.40. The molecule has 9 heteroatoms. The van der Waals surface area contributed by atoms with Gasteiger partial charge in [-0.25, -0.2) is 13.4 Å². The van der Waals surface area contributed by atoms with E-state index in [2.05, 4.69) is 10.3 Å². The van der Waals surface area contributed by atoms with E-state index in [0.717, 1.165) is 0 Å². The first-order chi connectivity index (χ1) is 11.0. The van der Waals surface area contributed by atoms with Gasteiger partial charge in [0.2, 0.25) is 15.9 Å². The lowest BCUT2D eigenvalue weighted by Gasteiger charge is -2.23. The molecule has 0 spiro atoms. The molecule has 1 atom stereocenters. The lowest BCUT2D eigenvalue weighted by molar-refractivity contribution is -0.119. The summed E-state index contributed by atoms with van der Waals surface area (Å²) in [6, 6.07) is 5.22. The fourth-order valence-electron chi connectivity index (χ4n) is 2.51. The second-order valence-electron chi connectivity index (χ2n) is 5.05. The van der Waals surface area contributed by atoms with Crippen LogP contribution < -0.4 is 5.32 Å². The molecular weight excluding hydrogens is 358 g/mol. The van der Waals surface area contributed by atoms with Crippen LogP contribution >= 0.6 is 22.9 Å². The van der Waals surface area contributed by atoms with Crippen LogP contribution in [0.1, 0.15) is 12.8 Å². The van der Waals surface area contributed by atoms with Crippen molar-refractivity contribution in [1.82, 2.24) is 9.29 Å². The Balaban J connectivity index is 1.83. The number of thiazole rings is 1. The molecule has 0 radical (unpaired) electrons. The van der Waals surface area contributed by atoms with Crippen LogP contribution in [-0.2, 0) is 14.8 Å². The van der Waals surface area contributed by atoms with Gasteiger partial charge in [-0.05, 0) is 37.1 Å². The van der Waals surface area contributed by atoms with Crippen molar-refractivity contribution < 1.29 is 13.2 Å². The number of nitrogens with one attached hydrogen (secondary N) is 1. The number of nitrogens with zero attached hydrogens (tertiary/aromatic N) is 2. The SMILES string of the molecule is O=C(Nc1nccs1)[C@H]1CCCN1S(=O)(=O)c1ccc(Cl)cc1. The molecule has 1 fully saturated rings. The van der Waals surface area contributed by atoms with Gasteiger partial charge >= 0.3 is 0 Å². The summed E-state index contributed by atoms with van der Waals surface area (Å²) >= 11 is 7.09. The van der Waals surface area contributed by atoms with Crippen LogP contribution in [0.5, 0.6) is 0 Å². The van der Waals surface area contributed by atoms with Gasteiger partial charge < -0.3 is 5.32 Å². The zero-order chi connectivity index (χ0) is 16.4. The van der Waals surface area contributed by atoms with Crippen molar-refractivity contribution in [3.8, 4) is 0 Å². The zero-order valence-corrected chi connectivity index (χ0v) is 14.4. The normalized spacial score (nSPS) is 18.9. The van der Waals surface area contributed by atoms with Crippen LogP contribution in [-0.4, -0.2) is 36.2 Å². The van der Waals surface area contributed by atoms with Gasteiger partial charge in [0.05, 0.1) is 4.90 Å². The molecule has 0 bridgehead atoms. The van der Waals surface area contributed by atoms with Crippen molar-refractivity contribution in [2.45, 2.75) is 23.8 Å². The molecule has 23 heavy (non-hydrogen) atoms. The molecule has 1 saturated heterocycles. The minimum atomic E-state index is -3.73. The van der Waals surface area contributed by atoms with Crippen LogP contribution in [0.2, 0.25) is 5.02 Å². The van der Waals surface area contributed by atoms with Crippen molar-refractivity contribution in [2.24, 2.45) is 0 Å². The number of halogens is 1. The van der Waals surface area contributed by atoms with E-state index in [-0.39, 0.29) is 10.8 Å². The van der Waals surface area contributed by atoms with Gasteiger partial charge in [-0.1, -0.05) is 11.6 Å². The Hall–Kier alpha value is -1.48. The number of anilines is 1. The number of rotatable bonds is 4. The highest BCUT2D eigenvalue weighted by Gasteiger charge is 2.39. The molecule has 6 nitrogen and oxygen atoms in total. The smallest absolute Gasteiger partial charge is 0.244 e.